The molecule has 5 aromatic carbocycles. The average molecular weight is 597 g/mol. The van der Waals surface area contributed by atoms with Gasteiger partial charge in [0.1, 0.15) is 11.6 Å². The zero-order valence-corrected chi connectivity index (χ0v) is 25.2. The number of nitriles is 1. The van der Waals surface area contributed by atoms with Crippen LogP contribution in [0.1, 0.15) is 44.6 Å². The summed E-state index contributed by atoms with van der Waals surface area (Å²) in [7, 11) is 0. The molecule has 222 valence electrons. The van der Waals surface area contributed by atoms with Crippen molar-refractivity contribution in [2.24, 2.45) is 0 Å². The van der Waals surface area contributed by atoms with Crippen molar-refractivity contribution in [2.45, 2.75) is 12.8 Å². The minimum atomic E-state index is -1.25. The number of benzene rings is 5. The minimum absolute atomic E-state index is 0.317. The van der Waals surface area contributed by atoms with Crippen molar-refractivity contribution in [3.8, 4) is 17.3 Å². The van der Waals surface area contributed by atoms with Gasteiger partial charge in [-0.25, -0.2) is 4.79 Å². The van der Waals surface area contributed by atoms with Gasteiger partial charge in [0, 0.05) is 11.4 Å². The molecule has 0 unspecified atom stereocenters. The number of carboxylic acid groups (broad SMARTS) is 1. The number of aromatic amines is 1. The number of nitrogens with zero attached hydrogens (tertiary/aromatic N) is 1. The van der Waals surface area contributed by atoms with Crippen molar-refractivity contribution in [1.82, 2.24) is 4.98 Å². The summed E-state index contributed by atoms with van der Waals surface area (Å²) in [5.74, 6) is -1.25. The second kappa shape index (κ2) is 14.1. The third-order valence-corrected chi connectivity index (χ3v) is 7.92. The van der Waals surface area contributed by atoms with Crippen LogP contribution in [0.4, 0.5) is 0 Å². The highest BCUT2D eigenvalue weighted by Crippen LogP contribution is 2.29. The number of aromatic nitrogens is 1. The normalized spacial score (nSPS) is 11.1. The second-order valence-corrected chi connectivity index (χ2v) is 11.2. The number of hydrogen-bond acceptors (Lipinski definition) is 2. The molecule has 1 heterocycles. The first-order valence-corrected chi connectivity index (χ1v) is 15.2. The molecule has 4 nitrogen and oxygen atoms in total. The molecule has 46 heavy (non-hydrogen) atoms. The van der Waals surface area contributed by atoms with E-state index in [0.29, 0.717) is 5.69 Å². The third-order valence-electron chi connectivity index (χ3n) is 7.92. The van der Waals surface area contributed by atoms with Crippen molar-refractivity contribution >= 4 is 23.7 Å². The summed E-state index contributed by atoms with van der Waals surface area (Å²) < 4.78 is 0. The lowest BCUT2D eigenvalue weighted by atomic mass is 9.92. The maximum atomic E-state index is 11.2. The Balaban J connectivity index is 1.29. The molecule has 6 rings (SSSR count). The molecule has 0 radical (unpaired) electrons. The van der Waals surface area contributed by atoms with Gasteiger partial charge >= 0.3 is 5.97 Å². The molecule has 0 aliphatic carbocycles. The van der Waals surface area contributed by atoms with Gasteiger partial charge in [0.15, 0.2) is 0 Å². The van der Waals surface area contributed by atoms with Crippen molar-refractivity contribution in [1.29, 1.82) is 5.26 Å². The van der Waals surface area contributed by atoms with E-state index >= 15 is 0 Å². The van der Waals surface area contributed by atoms with Crippen LogP contribution in [0, 0.1) is 11.3 Å². The number of H-pyrrole nitrogens is 1. The molecule has 0 aliphatic rings. The van der Waals surface area contributed by atoms with Crippen LogP contribution in [0.15, 0.2) is 151 Å². The van der Waals surface area contributed by atoms with Crippen molar-refractivity contribution in [3.63, 3.8) is 0 Å². The molecule has 0 amide bonds. The molecule has 6 aromatic rings. The SMILES string of the molecule is N#C/C(=C/c1ccc(-c2ccc(C=C(c3ccc(Cc4ccccc4)cc3)c3ccc(Cc4ccccc4)cc3)cc2)[nH]1)C(=O)O. The van der Waals surface area contributed by atoms with Crippen LogP contribution in [0.3, 0.4) is 0 Å². The standard InChI is InChI=1S/C42H32N2O2/c43-29-38(42(45)46)28-39-23-24-41(44-39)37-21-15-34(16-22-37)27-40(35-17-11-32(12-18-35)25-30-7-3-1-4-8-30)36-19-13-33(14-20-36)26-31-9-5-2-6-10-31/h1-24,27-28,44H,25-26H2,(H,45,46)/b38-28-. The summed E-state index contributed by atoms with van der Waals surface area (Å²) >= 11 is 0. The topological polar surface area (TPSA) is 76.9 Å². The fraction of sp³-hybridized carbons (Fsp3) is 0.0476. The average Bonchev–Trinajstić information content (AvgIpc) is 3.57. The van der Waals surface area contributed by atoms with E-state index in [1.165, 1.54) is 28.3 Å². The number of hydrogen-bond donors (Lipinski definition) is 2. The Kier molecular flexibility index (Phi) is 9.14. The van der Waals surface area contributed by atoms with Gasteiger partial charge in [-0.3, -0.25) is 0 Å². The van der Waals surface area contributed by atoms with E-state index in [0.717, 1.165) is 46.4 Å². The molecule has 0 spiro atoms. The summed E-state index contributed by atoms with van der Waals surface area (Å²) in [4.78, 5) is 14.4. The van der Waals surface area contributed by atoms with Crippen LogP contribution in [-0.4, -0.2) is 16.1 Å². The first-order chi connectivity index (χ1) is 22.5. The fourth-order valence-electron chi connectivity index (χ4n) is 5.49. The number of carboxylic acids is 1. The smallest absolute Gasteiger partial charge is 0.346 e. The van der Waals surface area contributed by atoms with Crippen LogP contribution in [0.5, 0.6) is 0 Å². The van der Waals surface area contributed by atoms with Gasteiger partial charge < -0.3 is 10.1 Å². The Morgan fingerprint density at radius 1 is 0.609 bits per heavy atom. The molecule has 0 aliphatic heterocycles. The third kappa shape index (κ3) is 7.48. The maximum absolute atomic E-state index is 11.2. The Morgan fingerprint density at radius 3 is 1.59 bits per heavy atom. The van der Waals surface area contributed by atoms with E-state index in [9.17, 15) is 4.79 Å². The van der Waals surface area contributed by atoms with Crippen LogP contribution >= 0.6 is 0 Å². The van der Waals surface area contributed by atoms with Crippen LogP contribution in [0.2, 0.25) is 0 Å². The van der Waals surface area contributed by atoms with E-state index in [-0.39, 0.29) is 5.57 Å². The number of carbonyl (C=O) groups is 1. The highest BCUT2D eigenvalue weighted by Gasteiger charge is 2.10. The predicted octanol–water partition coefficient (Wildman–Crippen LogP) is 9.44. The molecule has 0 fully saturated rings. The summed E-state index contributed by atoms with van der Waals surface area (Å²) in [5, 5.41) is 18.2. The largest absolute Gasteiger partial charge is 0.477 e. The highest BCUT2D eigenvalue weighted by molar-refractivity contribution is 5.96. The van der Waals surface area contributed by atoms with E-state index in [1.54, 1.807) is 12.1 Å². The van der Waals surface area contributed by atoms with Gasteiger partial charge in [-0.2, -0.15) is 5.26 Å². The van der Waals surface area contributed by atoms with Gasteiger partial charge in [0.25, 0.3) is 0 Å². The summed E-state index contributed by atoms with van der Waals surface area (Å²) in [5.41, 5.74) is 11.6. The van der Waals surface area contributed by atoms with Crippen LogP contribution < -0.4 is 0 Å². The molecule has 0 saturated carbocycles. The van der Waals surface area contributed by atoms with E-state index in [4.69, 9.17) is 10.4 Å². The van der Waals surface area contributed by atoms with E-state index in [2.05, 4.69) is 120 Å². The first kappa shape index (κ1) is 29.9. The van der Waals surface area contributed by atoms with Gasteiger partial charge in [-0.05, 0) is 87.2 Å². The van der Waals surface area contributed by atoms with Gasteiger partial charge in [-0.1, -0.05) is 133 Å². The van der Waals surface area contributed by atoms with Gasteiger partial charge in [-0.15, -0.1) is 0 Å². The first-order valence-electron chi connectivity index (χ1n) is 15.2. The summed E-state index contributed by atoms with van der Waals surface area (Å²) in [6.07, 6.45) is 5.34. The number of nitrogens with one attached hydrogen (secondary N) is 1. The second-order valence-electron chi connectivity index (χ2n) is 11.2. The zero-order valence-electron chi connectivity index (χ0n) is 25.2. The maximum Gasteiger partial charge on any atom is 0.346 e. The molecule has 0 atom stereocenters. The molecule has 4 heteroatoms. The van der Waals surface area contributed by atoms with Crippen molar-refractivity contribution in [2.75, 3.05) is 0 Å². The number of aliphatic carboxylic acids is 1. The summed E-state index contributed by atoms with van der Waals surface area (Å²) in [6, 6.07) is 52.3. The van der Waals surface area contributed by atoms with Gasteiger partial charge in [0.2, 0.25) is 0 Å². The lowest BCUT2D eigenvalue weighted by molar-refractivity contribution is -0.132. The molecule has 0 bridgehead atoms. The minimum Gasteiger partial charge on any atom is -0.477 e. The quantitative estimate of drug-likeness (QED) is 0.0939. The molecule has 1 aromatic heterocycles. The van der Waals surface area contributed by atoms with Crippen LogP contribution in [0.25, 0.3) is 29.0 Å². The molecular formula is C42H32N2O2. The zero-order chi connectivity index (χ0) is 31.7. The van der Waals surface area contributed by atoms with Gasteiger partial charge in [0.05, 0.1) is 0 Å². The highest BCUT2D eigenvalue weighted by atomic mass is 16.4. The predicted molar refractivity (Wildman–Crippen MR) is 186 cm³/mol. The Hall–Kier alpha value is -6.18. The lowest BCUT2D eigenvalue weighted by Gasteiger charge is -2.12. The monoisotopic (exact) mass is 596 g/mol. The molecular weight excluding hydrogens is 564 g/mol. The fourth-order valence-corrected chi connectivity index (χ4v) is 5.49. The van der Waals surface area contributed by atoms with Crippen molar-refractivity contribution < 1.29 is 9.90 Å². The number of rotatable bonds is 10. The Labute approximate surface area is 269 Å². The molecule has 2 N–H and O–H groups in total. The Morgan fingerprint density at radius 2 is 1.11 bits per heavy atom. The van der Waals surface area contributed by atoms with E-state index in [1.807, 2.05) is 30.3 Å². The summed E-state index contributed by atoms with van der Waals surface area (Å²) in [6.45, 7) is 0. The lowest BCUT2D eigenvalue weighted by Crippen LogP contribution is -1.97. The van der Waals surface area contributed by atoms with Crippen LogP contribution in [-0.2, 0) is 17.6 Å². The van der Waals surface area contributed by atoms with Crippen molar-refractivity contribution in [3.05, 3.63) is 196 Å². The molecule has 0 saturated heterocycles. The Bertz CT molecular complexity index is 1940. The van der Waals surface area contributed by atoms with E-state index < -0.39 is 5.97 Å².